The Labute approximate surface area is 146 Å². The molecule has 3 fully saturated rings. The van der Waals surface area contributed by atoms with Crippen molar-refractivity contribution < 1.29 is 4.79 Å². The van der Waals surface area contributed by atoms with Crippen molar-refractivity contribution in [3.63, 3.8) is 0 Å². The van der Waals surface area contributed by atoms with Crippen molar-refractivity contribution in [2.24, 2.45) is 11.8 Å². The number of carbonyl (C=O) groups excluding carboxylic acids is 1. The van der Waals surface area contributed by atoms with Crippen molar-refractivity contribution in [1.82, 2.24) is 4.90 Å². The number of carbonyl (C=O) groups is 1. The van der Waals surface area contributed by atoms with Gasteiger partial charge in [0.25, 0.3) is 0 Å². The van der Waals surface area contributed by atoms with Crippen LogP contribution >= 0.6 is 22.9 Å². The number of ketones is 1. The summed E-state index contributed by atoms with van der Waals surface area (Å²) in [7, 11) is 0. The van der Waals surface area contributed by atoms with E-state index >= 15 is 0 Å². The molecular weight excluding hydrogens is 326 g/mol. The van der Waals surface area contributed by atoms with E-state index in [0.717, 1.165) is 20.0 Å². The lowest BCUT2D eigenvalue weighted by atomic mass is 9.65. The van der Waals surface area contributed by atoms with Crippen LogP contribution in [0, 0.1) is 11.8 Å². The van der Waals surface area contributed by atoms with Crippen LogP contribution in [0.5, 0.6) is 0 Å². The zero-order valence-electron chi connectivity index (χ0n) is 13.6. The number of thiophene rings is 1. The van der Waals surface area contributed by atoms with Crippen molar-refractivity contribution in [2.45, 2.75) is 38.6 Å². The molecule has 0 unspecified atom stereocenters. The highest BCUT2D eigenvalue weighted by molar-refractivity contribution is 7.20. The number of nitrogens with zero attached hydrogens (tertiary/aromatic N) is 1. The fourth-order valence-electron chi connectivity index (χ4n) is 4.55. The first kappa shape index (κ1) is 15.6. The number of benzene rings is 1. The zero-order valence-corrected chi connectivity index (χ0v) is 15.2. The van der Waals surface area contributed by atoms with Crippen LogP contribution in [0.3, 0.4) is 0 Å². The topological polar surface area (TPSA) is 20.3 Å². The molecule has 122 valence electrons. The summed E-state index contributed by atoms with van der Waals surface area (Å²) in [6, 6.07) is 7.88. The third-order valence-corrected chi connectivity index (χ3v) is 7.37. The molecule has 1 aromatic heterocycles. The average molecular weight is 348 g/mol. The van der Waals surface area contributed by atoms with Crippen LogP contribution in [0.1, 0.15) is 42.8 Å². The minimum Gasteiger partial charge on any atom is -0.298 e. The molecule has 3 aliphatic rings. The minimum atomic E-state index is 0.150. The Hall–Kier alpha value is -0.900. The number of hydrogen-bond acceptors (Lipinski definition) is 3. The van der Waals surface area contributed by atoms with E-state index in [1.54, 1.807) is 11.3 Å². The van der Waals surface area contributed by atoms with Gasteiger partial charge in [-0.05, 0) is 75.2 Å². The lowest BCUT2D eigenvalue weighted by Gasteiger charge is -2.56. The molecule has 2 bridgehead atoms. The lowest BCUT2D eigenvalue weighted by molar-refractivity contribution is -0.0643. The molecular formula is C19H22ClNOS. The van der Waals surface area contributed by atoms with E-state index in [-0.39, 0.29) is 5.54 Å². The van der Waals surface area contributed by atoms with Gasteiger partial charge in [-0.1, -0.05) is 17.7 Å². The molecule has 5 rings (SSSR count). The molecule has 4 heteroatoms. The summed E-state index contributed by atoms with van der Waals surface area (Å²) in [6.07, 6.45) is 3.18. The van der Waals surface area contributed by atoms with Gasteiger partial charge < -0.3 is 0 Å². The molecule has 0 aliphatic carbocycles. The van der Waals surface area contributed by atoms with Crippen molar-refractivity contribution >= 4 is 38.8 Å². The summed E-state index contributed by atoms with van der Waals surface area (Å²) in [5.41, 5.74) is 0.150. The van der Waals surface area contributed by atoms with E-state index in [1.165, 1.54) is 25.9 Å². The molecule has 1 atom stereocenters. The number of Topliss-reactive ketones (excluding diaryl/α,β-unsaturated/α-hetero) is 1. The van der Waals surface area contributed by atoms with E-state index in [9.17, 15) is 4.79 Å². The third kappa shape index (κ3) is 2.63. The summed E-state index contributed by atoms with van der Waals surface area (Å²) in [5.74, 6) is 1.49. The van der Waals surface area contributed by atoms with E-state index < -0.39 is 0 Å². The van der Waals surface area contributed by atoms with Gasteiger partial charge in [0, 0.05) is 21.7 Å². The molecule has 0 spiro atoms. The normalized spacial score (nSPS) is 29.1. The van der Waals surface area contributed by atoms with Gasteiger partial charge in [-0.25, -0.2) is 0 Å². The summed E-state index contributed by atoms with van der Waals surface area (Å²) >= 11 is 7.64. The van der Waals surface area contributed by atoms with Gasteiger partial charge in [0.2, 0.25) is 0 Å². The predicted octanol–water partition coefficient (Wildman–Crippen LogP) is 5.25. The number of halogens is 1. The Kier molecular flexibility index (Phi) is 3.79. The average Bonchev–Trinajstić information content (AvgIpc) is 2.94. The highest BCUT2D eigenvalue weighted by Crippen LogP contribution is 2.46. The zero-order chi connectivity index (χ0) is 16.2. The van der Waals surface area contributed by atoms with Crippen molar-refractivity contribution in [2.75, 3.05) is 13.1 Å². The summed E-state index contributed by atoms with van der Waals surface area (Å²) in [5, 5.41) is 1.85. The molecule has 3 saturated heterocycles. The van der Waals surface area contributed by atoms with Gasteiger partial charge in [0.1, 0.15) is 0 Å². The fraction of sp³-hybridized carbons (Fsp3) is 0.526. The maximum absolute atomic E-state index is 12.9. The van der Waals surface area contributed by atoms with E-state index in [1.807, 2.05) is 24.3 Å². The van der Waals surface area contributed by atoms with Gasteiger partial charge in [-0.3, -0.25) is 9.69 Å². The maximum Gasteiger partial charge on any atom is 0.173 e. The van der Waals surface area contributed by atoms with E-state index in [0.29, 0.717) is 24.0 Å². The molecule has 0 radical (unpaired) electrons. The largest absolute Gasteiger partial charge is 0.298 e. The van der Waals surface area contributed by atoms with Crippen molar-refractivity contribution in [1.29, 1.82) is 0 Å². The smallest absolute Gasteiger partial charge is 0.173 e. The molecule has 2 nitrogen and oxygen atoms in total. The number of hydrogen-bond donors (Lipinski definition) is 0. The molecule has 2 aromatic rings. The second-order valence-corrected chi connectivity index (χ2v) is 9.02. The number of fused-ring (bicyclic) bond motifs is 4. The Morgan fingerprint density at radius 1 is 1.30 bits per heavy atom. The summed E-state index contributed by atoms with van der Waals surface area (Å²) in [4.78, 5) is 16.4. The van der Waals surface area contributed by atoms with E-state index in [4.69, 9.17) is 11.6 Å². The summed E-state index contributed by atoms with van der Waals surface area (Å²) in [6.45, 7) is 7.04. The molecule has 0 saturated carbocycles. The van der Waals surface area contributed by atoms with Gasteiger partial charge in [-0.2, -0.15) is 0 Å². The van der Waals surface area contributed by atoms with Gasteiger partial charge >= 0.3 is 0 Å². The second kappa shape index (κ2) is 5.58. The van der Waals surface area contributed by atoms with Crippen molar-refractivity contribution in [3.8, 4) is 0 Å². The Balaban J connectivity index is 1.59. The molecule has 0 amide bonds. The number of piperidine rings is 3. The lowest BCUT2D eigenvalue weighted by Crippen LogP contribution is -2.61. The molecule has 1 aromatic carbocycles. The maximum atomic E-state index is 12.9. The first-order valence-corrected chi connectivity index (χ1v) is 9.62. The van der Waals surface area contributed by atoms with Crippen molar-refractivity contribution in [3.05, 3.63) is 34.2 Å². The van der Waals surface area contributed by atoms with Gasteiger partial charge in [0.05, 0.1) is 4.88 Å². The van der Waals surface area contributed by atoms with Crippen LogP contribution in [0.15, 0.2) is 24.3 Å². The third-order valence-electron chi connectivity index (χ3n) is 5.99. The first-order chi connectivity index (χ1) is 10.9. The van der Waals surface area contributed by atoms with Crippen LogP contribution in [-0.4, -0.2) is 29.3 Å². The highest BCUT2D eigenvalue weighted by atomic mass is 35.5. The van der Waals surface area contributed by atoms with E-state index in [2.05, 4.69) is 18.7 Å². The molecule has 3 aliphatic heterocycles. The minimum absolute atomic E-state index is 0.150. The summed E-state index contributed by atoms with van der Waals surface area (Å²) < 4.78 is 1.11. The standard InChI is InChI=1S/C19H22ClNOS/c1-19(2)15(12-5-7-21(19)8-6-12)11-16(22)18-9-13-3-4-14(20)10-17(13)23-18/h3-4,9-10,12,15H,5-8,11H2,1-2H3/t15-/m1/s1. The quantitative estimate of drug-likeness (QED) is 0.707. The van der Waals surface area contributed by atoms with Crippen LogP contribution in [-0.2, 0) is 0 Å². The monoisotopic (exact) mass is 347 g/mol. The van der Waals surface area contributed by atoms with Crippen LogP contribution < -0.4 is 0 Å². The van der Waals surface area contributed by atoms with Crippen LogP contribution in [0.25, 0.3) is 10.1 Å². The van der Waals surface area contributed by atoms with Gasteiger partial charge in [0.15, 0.2) is 5.78 Å². The molecule has 23 heavy (non-hydrogen) atoms. The first-order valence-electron chi connectivity index (χ1n) is 8.42. The van der Waals surface area contributed by atoms with Gasteiger partial charge in [-0.15, -0.1) is 11.3 Å². The Bertz CT molecular complexity index is 758. The Morgan fingerprint density at radius 2 is 2.04 bits per heavy atom. The Morgan fingerprint density at radius 3 is 2.74 bits per heavy atom. The second-order valence-electron chi connectivity index (χ2n) is 7.50. The SMILES string of the molecule is CC1(C)[C@H](CC(=O)c2cc3ccc(Cl)cc3s2)C2CCN1CC2. The number of rotatable bonds is 3. The highest BCUT2D eigenvalue weighted by Gasteiger charge is 2.47. The van der Waals surface area contributed by atoms with Crippen LogP contribution in [0.4, 0.5) is 0 Å². The predicted molar refractivity (Wildman–Crippen MR) is 97.6 cm³/mol. The molecule has 0 N–H and O–H groups in total. The fourth-order valence-corrected chi connectivity index (χ4v) is 5.84. The molecule has 4 heterocycles. The van der Waals surface area contributed by atoms with Crippen LogP contribution in [0.2, 0.25) is 5.02 Å².